The Labute approximate surface area is 143 Å². The molecule has 0 aromatic heterocycles. The first-order valence-electron chi connectivity index (χ1n) is 7.97. The van der Waals surface area contributed by atoms with Crippen LogP contribution < -0.4 is 16.2 Å². The van der Waals surface area contributed by atoms with E-state index in [1.807, 2.05) is 45.9 Å². The SMILES string of the molecule is Cc1cccc(C)c1NC(=O)CN(C)S(=O)(=O)C1C(C)NNC1C. The van der Waals surface area contributed by atoms with Gasteiger partial charge in [-0.25, -0.2) is 8.42 Å². The van der Waals surface area contributed by atoms with E-state index in [4.69, 9.17) is 0 Å². The molecule has 0 radical (unpaired) electrons. The van der Waals surface area contributed by atoms with Gasteiger partial charge in [0.25, 0.3) is 0 Å². The van der Waals surface area contributed by atoms with Gasteiger partial charge in [-0.1, -0.05) is 18.2 Å². The quantitative estimate of drug-likeness (QED) is 0.726. The number of anilines is 1. The molecule has 1 aromatic carbocycles. The third-order valence-corrected chi connectivity index (χ3v) is 6.92. The van der Waals surface area contributed by atoms with E-state index in [0.717, 1.165) is 21.1 Å². The van der Waals surface area contributed by atoms with Crippen LogP contribution in [0.5, 0.6) is 0 Å². The number of aryl methyl sites for hydroxylation is 2. The number of rotatable bonds is 5. The third-order valence-electron chi connectivity index (χ3n) is 4.41. The van der Waals surface area contributed by atoms with Crippen molar-refractivity contribution in [2.75, 3.05) is 18.9 Å². The summed E-state index contributed by atoms with van der Waals surface area (Å²) in [6, 6.07) is 5.27. The second-order valence-electron chi connectivity index (χ2n) is 6.45. The van der Waals surface area contributed by atoms with Gasteiger partial charge in [0, 0.05) is 24.8 Å². The molecule has 3 N–H and O–H groups in total. The predicted octanol–water partition coefficient (Wildman–Crippen LogP) is 0.757. The van der Waals surface area contributed by atoms with Crippen molar-refractivity contribution in [3.63, 3.8) is 0 Å². The maximum Gasteiger partial charge on any atom is 0.239 e. The monoisotopic (exact) mass is 354 g/mol. The fourth-order valence-corrected chi connectivity index (χ4v) is 4.95. The van der Waals surface area contributed by atoms with Crippen molar-refractivity contribution in [3.05, 3.63) is 29.3 Å². The lowest BCUT2D eigenvalue weighted by Gasteiger charge is -2.25. The molecule has 0 spiro atoms. The minimum atomic E-state index is -3.60. The molecule has 1 heterocycles. The van der Waals surface area contributed by atoms with Crippen molar-refractivity contribution < 1.29 is 13.2 Å². The average molecular weight is 354 g/mol. The summed E-state index contributed by atoms with van der Waals surface area (Å²) in [6.07, 6.45) is 0. The number of benzene rings is 1. The molecule has 1 aliphatic rings. The van der Waals surface area contributed by atoms with Crippen LogP contribution in [-0.2, 0) is 14.8 Å². The number of nitrogens with one attached hydrogen (secondary N) is 3. The Kier molecular flexibility index (Phi) is 5.64. The molecule has 0 saturated carbocycles. The first kappa shape index (κ1) is 18.9. The van der Waals surface area contributed by atoms with E-state index in [0.29, 0.717) is 0 Å². The second-order valence-corrected chi connectivity index (χ2v) is 8.64. The number of amides is 1. The third kappa shape index (κ3) is 3.77. The van der Waals surface area contributed by atoms with E-state index in [1.165, 1.54) is 7.05 Å². The molecule has 0 aliphatic carbocycles. The minimum absolute atomic E-state index is 0.216. The first-order chi connectivity index (χ1) is 11.1. The average Bonchev–Trinajstić information content (AvgIpc) is 2.82. The summed E-state index contributed by atoms with van der Waals surface area (Å²) < 4.78 is 26.6. The van der Waals surface area contributed by atoms with E-state index in [1.54, 1.807) is 0 Å². The Morgan fingerprint density at radius 1 is 1.17 bits per heavy atom. The fraction of sp³-hybridized carbons (Fsp3) is 0.562. The van der Waals surface area contributed by atoms with Gasteiger partial charge in [0.1, 0.15) is 5.25 Å². The second kappa shape index (κ2) is 7.18. The van der Waals surface area contributed by atoms with Gasteiger partial charge in [0.15, 0.2) is 0 Å². The zero-order chi connectivity index (χ0) is 18.1. The van der Waals surface area contributed by atoms with E-state index >= 15 is 0 Å². The highest BCUT2D eigenvalue weighted by Gasteiger charge is 2.42. The number of hydrazine groups is 1. The molecule has 1 amide bonds. The number of carbonyl (C=O) groups excluding carboxylic acids is 1. The number of para-hydroxylation sites is 1. The Balaban J connectivity index is 2.08. The van der Waals surface area contributed by atoms with Gasteiger partial charge in [-0.2, -0.15) is 4.31 Å². The van der Waals surface area contributed by atoms with Crippen LogP contribution in [0.4, 0.5) is 5.69 Å². The van der Waals surface area contributed by atoms with Crippen molar-refractivity contribution in [3.8, 4) is 0 Å². The van der Waals surface area contributed by atoms with Crippen molar-refractivity contribution in [1.29, 1.82) is 0 Å². The zero-order valence-corrected chi connectivity index (χ0v) is 15.6. The minimum Gasteiger partial charge on any atom is -0.324 e. The van der Waals surface area contributed by atoms with Crippen molar-refractivity contribution in [2.45, 2.75) is 45.0 Å². The molecule has 1 fully saturated rings. The van der Waals surface area contributed by atoms with Crippen LogP contribution in [0.3, 0.4) is 0 Å². The van der Waals surface area contributed by atoms with Gasteiger partial charge < -0.3 is 5.32 Å². The maximum absolute atomic E-state index is 12.7. The summed E-state index contributed by atoms with van der Waals surface area (Å²) in [4.78, 5) is 12.3. The highest BCUT2D eigenvalue weighted by molar-refractivity contribution is 7.89. The van der Waals surface area contributed by atoms with Gasteiger partial charge >= 0.3 is 0 Å². The number of carbonyl (C=O) groups is 1. The number of hydrogen-bond acceptors (Lipinski definition) is 5. The summed E-state index contributed by atoms with van der Waals surface area (Å²) in [6.45, 7) is 7.21. The molecule has 1 aromatic rings. The van der Waals surface area contributed by atoms with E-state index in [2.05, 4.69) is 16.2 Å². The normalized spacial score (nSPS) is 24.3. The fourth-order valence-electron chi connectivity index (χ4n) is 3.07. The Hall–Kier alpha value is -1.48. The highest BCUT2D eigenvalue weighted by Crippen LogP contribution is 2.21. The summed E-state index contributed by atoms with van der Waals surface area (Å²) in [5.41, 5.74) is 8.49. The molecule has 24 heavy (non-hydrogen) atoms. The molecular formula is C16H26N4O3S. The summed E-state index contributed by atoms with van der Waals surface area (Å²) in [5, 5.41) is 2.20. The van der Waals surface area contributed by atoms with Crippen LogP contribution >= 0.6 is 0 Å². The van der Waals surface area contributed by atoms with E-state index in [9.17, 15) is 13.2 Å². The van der Waals surface area contributed by atoms with Crippen LogP contribution in [0.15, 0.2) is 18.2 Å². The lowest BCUT2D eigenvalue weighted by Crippen LogP contribution is -2.47. The molecule has 1 saturated heterocycles. The molecular weight excluding hydrogens is 328 g/mol. The molecule has 2 atom stereocenters. The van der Waals surface area contributed by atoms with Crippen LogP contribution in [0.1, 0.15) is 25.0 Å². The molecule has 2 rings (SSSR count). The highest BCUT2D eigenvalue weighted by atomic mass is 32.2. The lowest BCUT2D eigenvalue weighted by atomic mass is 10.1. The lowest BCUT2D eigenvalue weighted by molar-refractivity contribution is -0.116. The van der Waals surface area contributed by atoms with Crippen LogP contribution in [0.25, 0.3) is 0 Å². The largest absolute Gasteiger partial charge is 0.324 e. The Bertz CT molecular complexity index is 690. The smallest absolute Gasteiger partial charge is 0.239 e. The maximum atomic E-state index is 12.7. The molecule has 2 unspecified atom stereocenters. The van der Waals surface area contributed by atoms with E-state index in [-0.39, 0.29) is 24.5 Å². The standard InChI is InChI=1S/C16H26N4O3S/c1-10-7-6-8-11(2)15(10)17-14(21)9-20(5)24(22,23)16-12(3)18-19-13(16)4/h6-8,12-13,16,18-19H,9H2,1-5H3,(H,17,21). The van der Waals surface area contributed by atoms with Crippen LogP contribution in [-0.4, -0.2) is 49.6 Å². The molecule has 8 heteroatoms. The van der Waals surface area contributed by atoms with Gasteiger partial charge in [0.05, 0.1) is 6.54 Å². The van der Waals surface area contributed by atoms with Gasteiger partial charge in [-0.15, -0.1) is 0 Å². The van der Waals surface area contributed by atoms with Gasteiger partial charge in [0.2, 0.25) is 15.9 Å². The molecule has 7 nitrogen and oxygen atoms in total. The summed E-state index contributed by atoms with van der Waals surface area (Å²) in [5.74, 6) is -0.349. The number of hydrogen-bond donors (Lipinski definition) is 3. The number of likely N-dealkylation sites (N-methyl/N-ethyl adjacent to an activating group) is 1. The van der Waals surface area contributed by atoms with Crippen LogP contribution in [0.2, 0.25) is 0 Å². The molecule has 0 bridgehead atoms. The van der Waals surface area contributed by atoms with Crippen molar-refractivity contribution >= 4 is 21.6 Å². The van der Waals surface area contributed by atoms with Gasteiger partial charge in [-0.3, -0.25) is 15.6 Å². The van der Waals surface area contributed by atoms with E-state index < -0.39 is 15.3 Å². The van der Waals surface area contributed by atoms with Gasteiger partial charge in [-0.05, 0) is 38.8 Å². The number of nitrogens with zero attached hydrogens (tertiary/aromatic N) is 1. The predicted molar refractivity (Wildman–Crippen MR) is 95.1 cm³/mol. The Morgan fingerprint density at radius 3 is 2.17 bits per heavy atom. The summed E-state index contributed by atoms with van der Waals surface area (Å²) in [7, 11) is -2.16. The number of sulfonamides is 1. The van der Waals surface area contributed by atoms with Crippen LogP contribution in [0, 0.1) is 13.8 Å². The Morgan fingerprint density at radius 2 is 1.67 bits per heavy atom. The zero-order valence-electron chi connectivity index (χ0n) is 14.8. The molecule has 1 aliphatic heterocycles. The summed E-state index contributed by atoms with van der Waals surface area (Å²) >= 11 is 0. The first-order valence-corrected chi connectivity index (χ1v) is 9.47. The van der Waals surface area contributed by atoms with Crippen molar-refractivity contribution in [1.82, 2.24) is 15.2 Å². The van der Waals surface area contributed by atoms with Crippen molar-refractivity contribution in [2.24, 2.45) is 0 Å². The topological polar surface area (TPSA) is 90.5 Å². The molecule has 134 valence electrons.